The van der Waals surface area contributed by atoms with Crippen LogP contribution in [0.4, 0.5) is 5.69 Å². The van der Waals surface area contributed by atoms with Crippen molar-refractivity contribution in [1.29, 1.82) is 0 Å². The topological polar surface area (TPSA) is 30.9 Å². The molecule has 2 N–H and O–H groups in total. The zero-order chi connectivity index (χ0) is 13.5. The molecule has 1 aliphatic rings. The molecule has 2 nitrogen and oxygen atoms in total. The molecular formula is C17H16N2S. The van der Waals surface area contributed by atoms with E-state index in [1.54, 1.807) is 0 Å². The third-order valence-corrected chi connectivity index (χ3v) is 5.21. The maximum Gasteiger partial charge on any atom is 0.0482 e. The first-order valence-electron chi connectivity index (χ1n) is 6.88. The van der Waals surface area contributed by atoms with Gasteiger partial charge in [0, 0.05) is 39.5 Å². The van der Waals surface area contributed by atoms with E-state index in [1.165, 1.54) is 21.4 Å². The van der Waals surface area contributed by atoms with Gasteiger partial charge in [-0.2, -0.15) is 0 Å². The Morgan fingerprint density at radius 2 is 2.05 bits per heavy atom. The van der Waals surface area contributed by atoms with Crippen LogP contribution in [0.15, 0.2) is 59.6 Å². The highest BCUT2D eigenvalue weighted by atomic mass is 32.2. The molecule has 1 atom stereocenters. The van der Waals surface area contributed by atoms with E-state index in [2.05, 4.69) is 47.2 Å². The highest BCUT2D eigenvalue weighted by Crippen LogP contribution is 2.37. The number of benzene rings is 2. The summed E-state index contributed by atoms with van der Waals surface area (Å²) in [5.41, 5.74) is 9.44. The van der Waals surface area contributed by atoms with Crippen molar-refractivity contribution in [1.82, 2.24) is 4.57 Å². The van der Waals surface area contributed by atoms with Crippen molar-refractivity contribution in [2.45, 2.75) is 23.1 Å². The normalized spacial score (nSPS) is 17.5. The third kappa shape index (κ3) is 1.98. The SMILES string of the molecule is Nc1ccc2c(ccn2CC2Cc3ccccc3S2)c1. The molecule has 1 aromatic heterocycles. The monoisotopic (exact) mass is 280 g/mol. The van der Waals surface area contributed by atoms with E-state index >= 15 is 0 Å². The lowest BCUT2D eigenvalue weighted by Gasteiger charge is -2.11. The van der Waals surface area contributed by atoms with Crippen LogP contribution in [0.5, 0.6) is 0 Å². The van der Waals surface area contributed by atoms with Crippen molar-refractivity contribution < 1.29 is 0 Å². The van der Waals surface area contributed by atoms with Crippen LogP contribution in [0.2, 0.25) is 0 Å². The van der Waals surface area contributed by atoms with E-state index < -0.39 is 0 Å². The first kappa shape index (κ1) is 11.9. The smallest absolute Gasteiger partial charge is 0.0482 e. The molecule has 0 fully saturated rings. The molecule has 0 radical (unpaired) electrons. The summed E-state index contributed by atoms with van der Waals surface area (Å²) in [4.78, 5) is 1.44. The summed E-state index contributed by atoms with van der Waals surface area (Å²) in [6, 6.07) is 17.0. The standard InChI is InChI=1S/C17H16N2S/c18-14-5-6-16-12(9-14)7-8-19(16)11-15-10-13-3-1-2-4-17(13)20-15/h1-9,15H,10-11,18H2. The summed E-state index contributed by atoms with van der Waals surface area (Å²) >= 11 is 2.00. The van der Waals surface area contributed by atoms with Gasteiger partial charge in [0.2, 0.25) is 0 Å². The van der Waals surface area contributed by atoms with E-state index in [0.717, 1.165) is 18.7 Å². The van der Waals surface area contributed by atoms with Crippen molar-refractivity contribution in [2.75, 3.05) is 5.73 Å². The molecule has 0 bridgehead atoms. The molecule has 4 rings (SSSR count). The minimum Gasteiger partial charge on any atom is -0.399 e. The van der Waals surface area contributed by atoms with E-state index in [-0.39, 0.29) is 0 Å². The van der Waals surface area contributed by atoms with Crippen molar-refractivity contribution in [3.05, 3.63) is 60.3 Å². The minimum atomic E-state index is 0.626. The zero-order valence-electron chi connectivity index (χ0n) is 11.1. The van der Waals surface area contributed by atoms with Gasteiger partial charge in [0.05, 0.1) is 0 Å². The van der Waals surface area contributed by atoms with E-state index in [4.69, 9.17) is 5.73 Å². The minimum absolute atomic E-state index is 0.626. The summed E-state index contributed by atoms with van der Waals surface area (Å²) in [5.74, 6) is 0. The number of hydrogen-bond acceptors (Lipinski definition) is 2. The highest BCUT2D eigenvalue weighted by molar-refractivity contribution is 8.00. The molecule has 0 saturated heterocycles. The fraction of sp³-hybridized carbons (Fsp3) is 0.176. The Labute approximate surface area is 122 Å². The first-order chi connectivity index (χ1) is 9.79. The molecule has 0 aliphatic carbocycles. The zero-order valence-corrected chi connectivity index (χ0v) is 11.9. The number of nitrogens with two attached hydrogens (primary N) is 1. The van der Waals surface area contributed by atoms with Gasteiger partial charge in [-0.15, -0.1) is 11.8 Å². The van der Waals surface area contributed by atoms with Crippen molar-refractivity contribution in [3.8, 4) is 0 Å². The lowest BCUT2D eigenvalue weighted by atomic mass is 10.1. The maximum absolute atomic E-state index is 5.84. The Morgan fingerprint density at radius 1 is 1.15 bits per heavy atom. The van der Waals surface area contributed by atoms with Crippen LogP contribution >= 0.6 is 11.8 Å². The summed E-state index contributed by atoms with van der Waals surface area (Å²) in [7, 11) is 0. The second-order valence-electron chi connectivity index (χ2n) is 5.34. The average Bonchev–Trinajstić information content (AvgIpc) is 3.02. The molecular weight excluding hydrogens is 264 g/mol. The van der Waals surface area contributed by atoms with Gasteiger partial charge in [0.1, 0.15) is 0 Å². The quantitative estimate of drug-likeness (QED) is 0.721. The number of thioether (sulfide) groups is 1. The van der Waals surface area contributed by atoms with Crippen LogP contribution in [0.3, 0.4) is 0 Å². The van der Waals surface area contributed by atoms with Crippen LogP contribution < -0.4 is 5.73 Å². The van der Waals surface area contributed by atoms with Gasteiger partial charge >= 0.3 is 0 Å². The van der Waals surface area contributed by atoms with Crippen molar-refractivity contribution in [2.24, 2.45) is 0 Å². The summed E-state index contributed by atoms with van der Waals surface area (Å²) in [6.45, 7) is 1.05. The molecule has 1 unspecified atom stereocenters. The average molecular weight is 280 g/mol. The van der Waals surface area contributed by atoms with Gasteiger partial charge in [-0.25, -0.2) is 0 Å². The van der Waals surface area contributed by atoms with Gasteiger partial charge < -0.3 is 10.3 Å². The Hall–Kier alpha value is -1.87. The maximum atomic E-state index is 5.84. The fourth-order valence-corrected chi connectivity index (χ4v) is 4.27. The van der Waals surface area contributed by atoms with Crippen molar-refractivity contribution in [3.63, 3.8) is 0 Å². The molecule has 2 heterocycles. The first-order valence-corrected chi connectivity index (χ1v) is 7.76. The predicted molar refractivity (Wildman–Crippen MR) is 86.1 cm³/mol. The van der Waals surface area contributed by atoms with Crippen molar-refractivity contribution >= 4 is 28.4 Å². The van der Waals surface area contributed by atoms with E-state index in [1.807, 2.05) is 23.9 Å². The Morgan fingerprint density at radius 3 is 2.95 bits per heavy atom. The lowest BCUT2D eigenvalue weighted by molar-refractivity contribution is 0.685. The highest BCUT2D eigenvalue weighted by Gasteiger charge is 2.22. The predicted octanol–water partition coefficient (Wildman–Crippen LogP) is 3.94. The second kappa shape index (κ2) is 4.60. The number of hydrogen-bond donors (Lipinski definition) is 1. The van der Waals surface area contributed by atoms with Gasteiger partial charge in [0.15, 0.2) is 0 Å². The van der Waals surface area contributed by atoms with Crippen LogP contribution in [-0.2, 0) is 13.0 Å². The molecule has 100 valence electrons. The number of nitrogen functional groups attached to an aromatic ring is 1. The second-order valence-corrected chi connectivity index (χ2v) is 6.68. The summed E-state index contributed by atoms with van der Waals surface area (Å²) in [5, 5.41) is 1.85. The van der Waals surface area contributed by atoms with Gasteiger partial charge in [-0.3, -0.25) is 0 Å². The fourth-order valence-electron chi connectivity index (χ4n) is 2.95. The number of anilines is 1. The third-order valence-electron chi connectivity index (χ3n) is 3.91. The lowest BCUT2D eigenvalue weighted by Crippen LogP contribution is -2.11. The molecule has 20 heavy (non-hydrogen) atoms. The van der Waals surface area contributed by atoms with Gasteiger partial charge in [0.25, 0.3) is 0 Å². The Bertz CT molecular complexity index is 751. The number of fused-ring (bicyclic) bond motifs is 2. The molecule has 2 aromatic carbocycles. The van der Waals surface area contributed by atoms with E-state index in [0.29, 0.717) is 5.25 Å². The molecule has 0 spiro atoms. The van der Waals surface area contributed by atoms with Crippen LogP contribution in [0.25, 0.3) is 10.9 Å². The van der Waals surface area contributed by atoms with E-state index in [9.17, 15) is 0 Å². The van der Waals surface area contributed by atoms with Gasteiger partial charge in [-0.1, -0.05) is 18.2 Å². The largest absolute Gasteiger partial charge is 0.399 e. The molecule has 3 heteroatoms. The molecule has 0 saturated carbocycles. The summed E-state index contributed by atoms with van der Waals surface area (Å²) < 4.78 is 2.35. The number of rotatable bonds is 2. The van der Waals surface area contributed by atoms with Gasteiger partial charge in [-0.05, 0) is 42.3 Å². The molecule has 1 aliphatic heterocycles. The number of nitrogens with zero attached hydrogens (tertiary/aromatic N) is 1. The molecule has 3 aromatic rings. The van der Waals surface area contributed by atoms with Crippen LogP contribution in [0, 0.1) is 0 Å². The van der Waals surface area contributed by atoms with Crippen LogP contribution in [-0.4, -0.2) is 9.82 Å². The number of aromatic nitrogens is 1. The molecule has 0 amide bonds. The Balaban J connectivity index is 1.60. The summed E-state index contributed by atoms with van der Waals surface area (Å²) in [6.07, 6.45) is 3.34. The Kier molecular flexibility index (Phi) is 2.74. The van der Waals surface area contributed by atoms with Crippen LogP contribution in [0.1, 0.15) is 5.56 Å².